The quantitative estimate of drug-likeness (QED) is 0.239. The summed E-state index contributed by atoms with van der Waals surface area (Å²) in [6.45, 7) is 5.16. The van der Waals surface area contributed by atoms with E-state index in [1.54, 1.807) is 16.7 Å². The van der Waals surface area contributed by atoms with Crippen LogP contribution >= 0.6 is 27.7 Å². The normalized spacial score (nSPS) is 11.6. The molecule has 0 heterocycles. The van der Waals surface area contributed by atoms with Crippen molar-refractivity contribution in [3.8, 4) is 0 Å². The van der Waals surface area contributed by atoms with Gasteiger partial charge in [0.1, 0.15) is 6.04 Å². The molecule has 0 spiro atoms. The second kappa shape index (κ2) is 14.9. The number of nitrogens with zero attached hydrogens (tertiary/aromatic N) is 1. The molecule has 0 fully saturated rings. The molecule has 3 aromatic carbocycles. The lowest BCUT2D eigenvalue weighted by Gasteiger charge is -2.31. The van der Waals surface area contributed by atoms with E-state index < -0.39 is 6.04 Å². The van der Waals surface area contributed by atoms with Crippen molar-refractivity contribution < 1.29 is 9.59 Å². The van der Waals surface area contributed by atoms with E-state index >= 15 is 0 Å². The third-order valence-corrected chi connectivity index (χ3v) is 7.44. The molecule has 1 unspecified atom stereocenters. The van der Waals surface area contributed by atoms with Gasteiger partial charge in [0.2, 0.25) is 11.8 Å². The molecule has 6 heteroatoms. The number of carbonyl (C=O) groups is 2. The van der Waals surface area contributed by atoms with Crippen LogP contribution in [0, 0.1) is 6.92 Å². The molecular formula is C30H35BrN2O2S. The van der Waals surface area contributed by atoms with Crippen molar-refractivity contribution in [1.29, 1.82) is 0 Å². The Hall–Kier alpha value is -2.57. The zero-order valence-electron chi connectivity index (χ0n) is 21.1. The maximum Gasteiger partial charge on any atom is 0.243 e. The number of benzene rings is 3. The first-order valence-corrected chi connectivity index (χ1v) is 14.4. The van der Waals surface area contributed by atoms with Crippen molar-refractivity contribution in [3.63, 3.8) is 0 Å². The summed E-state index contributed by atoms with van der Waals surface area (Å²) in [6, 6.07) is 25.7. The Labute approximate surface area is 228 Å². The van der Waals surface area contributed by atoms with Gasteiger partial charge >= 0.3 is 0 Å². The molecule has 190 valence electrons. The molecule has 1 N–H and O–H groups in total. The van der Waals surface area contributed by atoms with Crippen LogP contribution in [-0.4, -0.2) is 35.1 Å². The van der Waals surface area contributed by atoms with Crippen molar-refractivity contribution in [2.45, 2.75) is 51.4 Å². The van der Waals surface area contributed by atoms with Gasteiger partial charge < -0.3 is 10.2 Å². The minimum atomic E-state index is -0.587. The van der Waals surface area contributed by atoms with Gasteiger partial charge in [-0.05, 0) is 42.2 Å². The van der Waals surface area contributed by atoms with Gasteiger partial charge in [0.05, 0.1) is 5.75 Å². The second-order valence-corrected chi connectivity index (χ2v) is 10.9. The molecular weight excluding hydrogens is 532 g/mol. The highest BCUT2D eigenvalue weighted by Gasteiger charge is 2.30. The van der Waals surface area contributed by atoms with E-state index in [2.05, 4.69) is 59.4 Å². The SMILES string of the molecule is CCCCNC(=O)C(Cc1ccccc1)N(Cc1cccc(Br)c1)C(=O)CSCc1ccc(C)cc1. The highest BCUT2D eigenvalue weighted by atomic mass is 79.9. The Morgan fingerprint density at radius 2 is 1.67 bits per heavy atom. The number of aryl methyl sites for hydroxylation is 1. The molecule has 0 radical (unpaired) electrons. The van der Waals surface area contributed by atoms with Crippen LogP contribution in [0.4, 0.5) is 0 Å². The topological polar surface area (TPSA) is 49.4 Å². The summed E-state index contributed by atoms with van der Waals surface area (Å²) in [5.74, 6) is 0.941. The standard InChI is InChI=1S/C30H35BrN2O2S/c1-3-4-17-32-30(35)28(19-24-9-6-5-7-10-24)33(20-26-11-8-12-27(31)18-26)29(34)22-36-21-25-15-13-23(2)14-16-25/h5-16,18,28H,3-4,17,19-22H2,1-2H3,(H,32,35). The van der Waals surface area contributed by atoms with Crippen LogP contribution in [-0.2, 0) is 28.3 Å². The van der Waals surface area contributed by atoms with Crippen LogP contribution < -0.4 is 5.32 Å². The largest absolute Gasteiger partial charge is 0.354 e. The van der Waals surface area contributed by atoms with Gasteiger partial charge in [-0.25, -0.2) is 0 Å². The van der Waals surface area contributed by atoms with Crippen LogP contribution in [0.5, 0.6) is 0 Å². The van der Waals surface area contributed by atoms with Crippen molar-refractivity contribution in [1.82, 2.24) is 10.2 Å². The fourth-order valence-electron chi connectivity index (χ4n) is 3.92. The van der Waals surface area contributed by atoms with Crippen molar-refractivity contribution in [3.05, 3.63) is 106 Å². The number of nitrogens with one attached hydrogen (secondary N) is 1. The number of thioether (sulfide) groups is 1. The molecule has 4 nitrogen and oxygen atoms in total. The Morgan fingerprint density at radius 3 is 2.36 bits per heavy atom. The monoisotopic (exact) mass is 566 g/mol. The zero-order valence-corrected chi connectivity index (χ0v) is 23.5. The highest BCUT2D eigenvalue weighted by molar-refractivity contribution is 9.10. The Balaban J connectivity index is 1.82. The van der Waals surface area contributed by atoms with E-state index in [9.17, 15) is 9.59 Å². The molecule has 0 aromatic heterocycles. The first-order chi connectivity index (χ1) is 17.5. The minimum Gasteiger partial charge on any atom is -0.354 e. The molecule has 2 amide bonds. The third kappa shape index (κ3) is 9.14. The fourth-order valence-corrected chi connectivity index (χ4v) is 5.23. The maximum absolute atomic E-state index is 13.7. The third-order valence-electron chi connectivity index (χ3n) is 5.96. The average Bonchev–Trinajstić information content (AvgIpc) is 2.88. The lowest BCUT2D eigenvalue weighted by molar-refractivity contribution is -0.139. The predicted octanol–water partition coefficient (Wildman–Crippen LogP) is 6.55. The summed E-state index contributed by atoms with van der Waals surface area (Å²) >= 11 is 5.12. The Morgan fingerprint density at radius 1 is 0.944 bits per heavy atom. The summed E-state index contributed by atoms with van der Waals surface area (Å²) in [5.41, 5.74) is 4.43. The minimum absolute atomic E-state index is 0.0290. The van der Waals surface area contributed by atoms with E-state index in [1.807, 2.05) is 54.6 Å². The van der Waals surface area contributed by atoms with Crippen LogP contribution in [0.2, 0.25) is 0 Å². The van der Waals surface area contributed by atoms with Crippen LogP contribution in [0.1, 0.15) is 42.0 Å². The molecule has 0 aliphatic rings. The summed E-state index contributed by atoms with van der Waals surface area (Å²) < 4.78 is 0.952. The number of amides is 2. The van der Waals surface area contributed by atoms with Gasteiger partial charge in [-0.1, -0.05) is 102 Å². The number of hydrogen-bond donors (Lipinski definition) is 1. The lowest BCUT2D eigenvalue weighted by Crippen LogP contribution is -2.51. The van der Waals surface area contributed by atoms with Crippen molar-refractivity contribution >= 4 is 39.5 Å². The second-order valence-electron chi connectivity index (χ2n) is 8.98. The van der Waals surface area contributed by atoms with E-state index in [4.69, 9.17) is 0 Å². The van der Waals surface area contributed by atoms with E-state index in [1.165, 1.54) is 11.1 Å². The molecule has 36 heavy (non-hydrogen) atoms. The molecule has 0 aliphatic heterocycles. The van der Waals surface area contributed by atoms with Gasteiger partial charge in [-0.15, -0.1) is 11.8 Å². The van der Waals surface area contributed by atoms with E-state index in [0.717, 1.165) is 34.2 Å². The fraction of sp³-hybridized carbons (Fsp3) is 0.333. The first kappa shape index (κ1) is 28.0. The van der Waals surface area contributed by atoms with Crippen LogP contribution in [0.3, 0.4) is 0 Å². The number of hydrogen-bond acceptors (Lipinski definition) is 3. The summed E-state index contributed by atoms with van der Waals surface area (Å²) in [5, 5.41) is 3.07. The van der Waals surface area contributed by atoms with E-state index in [-0.39, 0.29) is 11.8 Å². The molecule has 0 saturated carbocycles. The molecule has 0 bridgehead atoms. The number of halogens is 1. The average molecular weight is 568 g/mol. The lowest BCUT2D eigenvalue weighted by atomic mass is 10.0. The highest BCUT2D eigenvalue weighted by Crippen LogP contribution is 2.20. The molecule has 1 atom stereocenters. The van der Waals surface area contributed by atoms with Crippen LogP contribution in [0.25, 0.3) is 0 Å². The molecule has 3 rings (SSSR count). The summed E-state index contributed by atoms with van der Waals surface area (Å²) in [7, 11) is 0. The van der Waals surface area contributed by atoms with Gasteiger partial charge in [-0.3, -0.25) is 9.59 Å². The van der Waals surface area contributed by atoms with Gasteiger partial charge in [0, 0.05) is 29.7 Å². The molecule has 0 aliphatic carbocycles. The molecule has 0 saturated heterocycles. The molecule has 3 aromatic rings. The number of unbranched alkanes of at least 4 members (excludes halogenated alkanes) is 1. The van der Waals surface area contributed by atoms with Crippen LogP contribution in [0.15, 0.2) is 83.3 Å². The van der Waals surface area contributed by atoms with Gasteiger partial charge in [0.25, 0.3) is 0 Å². The van der Waals surface area contributed by atoms with Gasteiger partial charge in [0.15, 0.2) is 0 Å². The predicted molar refractivity (Wildman–Crippen MR) is 154 cm³/mol. The summed E-state index contributed by atoms with van der Waals surface area (Å²) in [4.78, 5) is 28.8. The maximum atomic E-state index is 13.7. The summed E-state index contributed by atoms with van der Waals surface area (Å²) in [6.07, 6.45) is 2.39. The number of rotatable bonds is 13. The van der Waals surface area contributed by atoms with E-state index in [0.29, 0.717) is 25.3 Å². The zero-order chi connectivity index (χ0) is 25.8. The Kier molecular flexibility index (Phi) is 11.6. The Bertz CT molecular complexity index is 1110. The van der Waals surface area contributed by atoms with Gasteiger partial charge in [-0.2, -0.15) is 0 Å². The van der Waals surface area contributed by atoms with Crippen molar-refractivity contribution in [2.24, 2.45) is 0 Å². The first-order valence-electron chi connectivity index (χ1n) is 12.4. The number of carbonyl (C=O) groups excluding carboxylic acids is 2. The van der Waals surface area contributed by atoms with Crippen molar-refractivity contribution in [2.75, 3.05) is 12.3 Å². The smallest absolute Gasteiger partial charge is 0.243 e.